The predicted octanol–water partition coefficient (Wildman–Crippen LogP) is 5.36. The zero-order valence-corrected chi connectivity index (χ0v) is 21.4. The molecule has 0 saturated carbocycles. The van der Waals surface area contributed by atoms with Crippen LogP contribution in [-0.2, 0) is 11.3 Å². The Balaban J connectivity index is 1.70. The molecule has 36 heavy (non-hydrogen) atoms. The molecule has 0 spiro atoms. The topological polar surface area (TPSA) is 83.0 Å². The van der Waals surface area contributed by atoms with Crippen molar-refractivity contribution in [1.29, 1.82) is 0 Å². The van der Waals surface area contributed by atoms with Crippen molar-refractivity contribution in [1.82, 2.24) is 9.97 Å². The summed E-state index contributed by atoms with van der Waals surface area (Å²) in [5.74, 6) is 1.96. The summed E-state index contributed by atoms with van der Waals surface area (Å²) in [5, 5.41) is 0.570. The molecule has 2 heterocycles. The van der Waals surface area contributed by atoms with Crippen LogP contribution in [0.15, 0.2) is 60.9 Å². The van der Waals surface area contributed by atoms with Crippen LogP contribution >= 0.6 is 11.3 Å². The number of hydrogen-bond donors (Lipinski definition) is 0. The predicted molar refractivity (Wildman–Crippen MR) is 141 cm³/mol. The van der Waals surface area contributed by atoms with E-state index in [-0.39, 0.29) is 5.91 Å². The van der Waals surface area contributed by atoms with E-state index in [1.54, 1.807) is 56.8 Å². The second-order valence-electron chi connectivity index (χ2n) is 7.61. The van der Waals surface area contributed by atoms with Gasteiger partial charge in [-0.05, 0) is 54.5 Å². The summed E-state index contributed by atoms with van der Waals surface area (Å²) in [6, 6.07) is 13.1. The van der Waals surface area contributed by atoms with Crippen molar-refractivity contribution in [2.45, 2.75) is 13.5 Å². The van der Waals surface area contributed by atoms with Gasteiger partial charge in [-0.1, -0.05) is 23.5 Å². The highest BCUT2D eigenvalue weighted by Gasteiger charge is 2.20. The minimum absolute atomic E-state index is 0.232. The second-order valence-corrected chi connectivity index (χ2v) is 8.62. The molecule has 0 aliphatic rings. The molecule has 0 radical (unpaired) electrons. The number of aromatic nitrogens is 2. The molecule has 0 atom stereocenters. The summed E-state index contributed by atoms with van der Waals surface area (Å²) in [6.45, 7) is 2.77. The SMILES string of the molecule is CCOc1cccc2sc(N(Cc3cccnc3)C(=O)/C=C/c3cc(OC)c(OC)c(OC)c3)nc12. The summed E-state index contributed by atoms with van der Waals surface area (Å²) in [7, 11) is 4.65. The van der Waals surface area contributed by atoms with Crippen LogP contribution in [0.25, 0.3) is 16.3 Å². The minimum atomic E-state index is -0.232. The fraction of sp³-hybridized carbons (Fsp3) is 0.222. The van der Waals surface area contributed by atoms with E-state index >= 15 is 0 Å². The molecule has 4 aromatic rings. The summed E-state index contributed by atoms with van der Waals surface area (Å²) in [4.78, 5) is 24.1. The Bertz CT molecular complexity index is 1350. The fourth-order valence-corrected chi connectivity index (χ4v) is 4.66. The molecule has 2 aromatic carbocycles. The van der Waals surface area contributed by atoms with Crippen LogP contribution < -0.4 is 23.8 Å². The van der Waals surface area contributed by atoms with Crippen LogP contribution in [0.3, 0.4) is 0 Å². The molecule has 1 amide bonds. The molecule has 4 rings (SSSR count). The van der Waals surface area contributed by atoms with Gasteiger partial charge in [-0.15, -0.1) is 0 Å². The average Bonchev–Trinajstić information content (AvgIpc) is 3.35. The molecule has 8 nitrogen and oxygen atoms in total. The highest BCUT2D eigenvalue weighted by atomic mass is 32.1. The summed E-state index contributed by atoms with van der Waals surface area (Å²) >= 11 is 1.43. The van der Waals surface area contributed by atoms with Crippen molar-refractivity contribution in [2.24, 2.45) is 0 Å². The van der Waals surface area contributed by atoms with Crippen molar-refractivity contribution in [2.75, 3.05) is 32.8 Å². The molecular weight excluding hydrogens is 478 g/mol. The first-order chi connectivity index (χ1) is 17.6. The number of nitrogens with zero attached hydrogens (tertiary/aromatic N) is 3. The van der Waals surface area contributed by atoms with Gasteiger partial charge in [0.25, 0.3) is 5.91 Å². The van der Waals surface area contributed by atoms with E-state index in [1.165, 1.54) is 17.4 Å². The van der Waals surface area contributed by atoms with Crippen LogP contribution in [-0.4, -0.2) is 43.8 Å². The van der Waals surface area contributed by atoms with Gasteiger partial charge in [0.2, 0.25) is 5.75 Å². The maximum Gasteiger partial charge on any atom is 0.253 e. The maximum atomic E-state index is 13.5. The number of methoxy groups -OCH3 is 3. The summed E-state index contributed by atoms with van der Waals surface area (Å²) < 4.78 is 22.9. The molecule has 0 aliphatic heterocycles. The zero-order valence-electron chi connectivity index (χ0n) is 20.6. The number of carbonyl (C=O) groups is 1. The lowest BCUT2D eigenvalue weighted by Gasteiger charge is -2.18. The second kappa shape index (κ2) is 11.5. The van der Waals surface area contributed by atoms with E-state index in [2.05, 4.69) is 4.98 Å². The number of fused-ring (bicyclic) bond motifs is 1. The van der Waals surface area contributed by atoms with Crippen LogP contribution in [0.2, 0.25) is 0 Å². The van der Waals surface area contributed by atoms with Crippen molar-refractivity contribution in [3.63, 3.8) is 0 Å². The molecule has 2 aromatic heterocycles. The van der Waals surface area contributed by atoms with Gasteiger partial charge in [0.05, 0.1) is 39.2 Å². The number of para-hydroxylation sites is 1. The van der Waals surface area contributed by atoms with Crippen molar-refractivity contribution in [3.8, 4) is 23.0 Å². The third kappa shape index (κ3) is 5.41. The number of ether oxygens (including phenoxy) is 4. The molecule has 186 valence electrons. The van der Waals surface area contributed by atoms with E-state index in [4.69, 9.17) is 23.9 Å². The third-order valence-corrected chi connectivity index (χ3v) is 6.38. The summed E-state index contributed by atoms with van der Waals surface area (Å²) in [6.07, 6.45) is 6.66. The highest BCUT2D eigenvalue weighted by molar-refractivity contribution is 7.22. The van der Waals surface area contributed by atoms with Crippen molar-refractivity contribution >= 4 is 38.7 Å². The smallest absolute Gasteiger partial charge is 0.253 e. The molecule has 0 bridgehead atoms. The zero-order chi connectivity index (χ0) is 25.5. The normalized spacial score (nSPS) is 11.0. The first-order valence-corrected chi connectivity index (χ1v) is 12.1. The largest absolute Gasteiger partial charge is 0.493 e. The Morgan fingerprint density at radius 2 is 1.81 bits per heavy atom. The Morgan fingerprint density at radius 3 is 2.44 bits per heavy atom. The molecule has 9 heteroatoms. The summed E-state index contributed by atoms with van der Waals surface area (Å²) in [5.41, 5.74) is 2.34. The molecule has 0 N–H and O–H groups in total. The van der Waals surface area contributed by atoms with Crippen LogP contribution in [0, 0.1) is 0 Å². The fourth-order valence-electron chi connectivity index (χ4n) is 3.67. The quantitative estimate of drug-likeness (QED) is 0.268. The number of carbonyl (C=O) groups excluding carboxylic acids is 1. The molecular formula is C27H27N3O5S. The van der Waals surface area contributed by atoms with Gasteiger partial charge in [-0.2, -0.15) is 0 Å². The lowest BCUT2D eigenvalue weighted by Crippen LogP contribution is -2.28. The number of hydrogen-bond acceptors (Lipinski definition) is 8. The molecule has 0 aliphatic carbocycles. The number of thiazole rings is 1. The monoisotopic (exact) mass is 505 g/mol. The first kappa shape index (κ1) is 25.0. The van der Waals surface area contributed by atoms with E-state index in [0.29, 0.717) is 41.3 Å². The Hall–Kier alpha value is -4.11. The maximum absolute atomic E-state index is 13.5. The number of benzene rings is 2. The van der Waals surface area contributed by atoms with Gasteiger partial charge in [-0.25, -0.2) is 4.98 Å². The third-order valence-electron chi connectivity index (χ3n) is 5.34. The van der Waals surface area contributed by atoms with Gasteiger partial charge in [0, 0.05) is 18.5 Å². The lowest BCUT2D eigenvalue weighted by molar-refractivity contribution is -0.114. The molecule has 0 fully saturated rings. The number of rotatable bonds is 10. The van der Waals surface area contributed by atoms with E-state index < -0.39 is 0 Å². The minimum Gasteiger partial charge on any atom is -0.493 e. The molecule has 0 saturated heterocycles. The lowest BCUT2D eigenvalue weighted by atomic mass is 10.1. The van der Waals surface area contributed by atoms with Crippen molar-refractivity contribution in [3.05, 3.63) is 72.1 Å². The van der Waals surface area contributed by atoms with Gasteiger partial charge in [0.15, 0.2) is 16.6 Å². The van der Waals surface area contributed by atoms with Crippen LogP contribution in [0.1, 0.15) is 18.1 Å². The number of pyridine rings is 1. The van der Waals surface area contributed by atoms with Crippen LogP contribution in [0.4, 0.5) is 5.13 Å². The van der Waals surface area contributed by atoms with E-state index in [1.807, 2.05) is 37.3 Å². The highest BCUT2D eigenvalue weighted by Crippen LogP contribution is 2.39. The average molecular weight is 506 g/mol. The number of anilines is 1. The number of amides is 1. The van der Waals surface area contributed by atoms with Gasteiger partial charge in [-0.3, -0.25) is 14.7 Å². The Labute approximate surface area is 213 Å². The van der Waals surface area contributed by atoms with Gasteiger partial charge in [0.1, 0.15) is 11.3 Å². The Kier molecular flexibility index (Phi) is 8.02. The van der Waals surface area contributed by atoms with E-state index in [0.717, 1.165) is 21.3 Å². The van der Waals surface area contributed by atoms with E-state index in [9.17, 15) is 4.79 Å². The van der Waals surface area contributed by atoms with Crippen LogP contribution in [0.5, 0.6) is 23.0 Å². The van der Waals surface area contributed by atoms with Gasteiger partial charge < -0.3 is 18.9 Å². The standard InChI is InChI=1S/C27H27N3O5S/c1-5-35-20-9-6-10-23-25(20)29-27(36-23)30(17-19-8-7-13-28-16-19)24(31)12-11-18-14-21(32-2)26(34-4)22(15-18)33-3/h6-16H,5,17H2,1-4H3/b12-11+. The molecule has 0 unspecified atom stereocenters. The first-order valence-electron chi connectivity index (χ1n) is 11.3. The van der Waals surface area contributed by atoms with Gasteiger partial charge >= 0.3 is 0 Å². The van der Waals surface area contributed by atoms with Crippen molar-refractivity contribution < 1.29 is 23.7 Å². The Morgan fingerprint density at radius 1 is 1.03 bits per heavy atom.